The van der Waals surface area contributed by atoms with E-state index in [2.05, 4.69) is 0 Å². The molecule has 0 saturated carbocycles. The van der Waals surface area contributed by atoms with Gasteiger partial charge < -0.3 is 9.84 Å². The molecule has 2 atom stereocenters. The topological polar surface area (TPSA) is 46.5 Å². The molecular formula is C16H18O3. The Morgan fingerprint density at radius 3 is 2.11 bits per heavy atom. The molecule has 0 aromatic heterocycles. The van der Waals surface area contributed by atoms with Crippen molar-refractivity contribution in [2.75, 3.05) is 7.11 Å². The minimum absolute atomic E-state index is 0.236. The van der Waals surface area contributed by atoms with Gasteiger partial charge in [0.25, 0.3) is 0 Å². The Kier molecular flexibility index (Phi) is 3.86. The van der Waals surface area contributed by atoms with Gasteiger partial charge in [0, 0.05) is 0 Å². The number of benzene rings is 2. The third-order valence-corrected chi connectivity index (χ3v) is 3.43. The molecule has 19 heavy (non-hydrogen) atoms. The average Bonchev–Trinajstić information content (AvgIpc) is 2.44. The van der Waals surface area contributed by atoms with Crippen molar-refractivity contribution in [1.29, 1.82) is 0 Å². The van der Waals surface area contributed by atoms with Gasteiger partial charge in [-0.25, -0.2) is 0 Å². The van der Waals surface area contributed by atoms with E-state index >= 15 is 0 Å². The summed E-state index contributed by atoms with van der Waals surface area (Å²) in [5.41, 5.74) is 1.82. The molecule has 2 unspecified atom stereocenters. The predicted octanol–water partition coefficient (Wildman–Crippen LogP) is 3.17. The highest BCUT2D eigenvalue weighted by Crippen LogP contribution is 2.25. The molecule has 0 aliphatic heterocycles. The highest BCUT2D eigenvalue weighted by Gasteiger charge is 2.15. The molecule has 0 bridgehead atoms. The van der Waals surface area contributed by atoms with E-state index in [0.29, 0.717) is 0 Å². The summed E-state index contributed by atoms with van der Waals surface area (Å²) in [6, 6.07) is 11.7. The number of hydrogen-bond acceptors (Lipinski definition) is 3. The van der Waals surface area contributed by atoms with Gasteiger partial charge in [-0.15, -0.1) is 0 Å². The van der Waals surface area contributed by atoms with E-state index in [1.54, 1.807) is 6.92 Å². The normalized spacial score (nSPS) is 14.1. The Bertz CT molecular complexity index is 602. The standard InChI is InChI=1S/C16H18O3/c1-10(16(18)19-3)12-4-6-15-9-13(11(2)17)5-7-14(15)8-12/h4-11,17H,1-3H3. The van der Waals surface area contributed by atoms with Crippen LogP contribution >= 0.6 is 0 Å². The molecule has 0 aliphatic rings. The Morgan fingerprint density at radius 2 is 1.58 bits per heavy atom. The van der Waals surface area contributed by atoms with Crippen LogP contribution in [0.2, 0.25) is 0 Å². The van der Waals surface area contributed by atoms with E-state index in [9.17, 15) is 9.90 Å². The summed E-state index contributed by atoms with van der Waals surface area (Å²) in [5, 5.41) is 11.7. The van der Waals surface area contributed by atoms with E-state index < -0.39 is 6.10 Å². The van der Waals surface area contributed by atoms with Crippen LogP contribution in [-0.4, -0.2) is 18.2 Å². The van der Waals surface area contributed by atoms with Crippen LogP contribution in [0.4, 0.5) is 0 Å². The first kappa shape index (κ1) is 13.6. The molecule has 0 fully saturated rings. The Balaban J connectivity index is 2.42. The van der Waals surface area contributed by atoms with Crippen LogP contribution < -0.4 is 0 Å². The van der Waals surface area contributed by atoms with Gasteiger partial charge in [-0.2, -0.15) is 0 Å². The van der Waals surface area contributed by atoms with Crippen LogP contribution in [0.15, 0.2) is 36.4 Å². The lowest BCUT2D eigenvalue weighted by Crippen LogP contribution is -2.10. The number of methoxy groups -OCH3 is 1. The van der Waals surface area contributed by atoms with Crippen LogP contribution in [0, 0.1) is 0 Å². The third-order valence-electron chi connectivity index (χ3n) is 3.43. The second kappa shape index (κ2) is 5.41. The van der Waals surface area contributed by atoms with Crippen molar-refractivity contribution < 1.29 is 14.6 Å². The fraction of sp³-hybridized carbons (Fsp3) is 0.312. The van der Waals surface area contributed by atoms with Crippen LogP contribution in [0.5, 0.6) is 0 Å². The summed E-state index contributed by atoms with van der Waals surface area (Å²) < 4.78 is 4.76. The largest absolute Gasteiger partial charge is 0.469 e. The maximum atomic E-state index is 11.5. The number of carbonyl (C=O) groups excluding carboxylic acids is 1. The van der Waals surface area contributed by atoms with Crippen molar-refractivity contribution in [1.82, 2.24) is 0 Å². The second-order valence-electron chi connectivity index (χ2n) is 4.79. The van der Waals surface area contributed by atoms with Crippen LogP contribution in [0.1, 0.15) is 37.0 Å². The number of rotatable bonds is 3. The van der Waals surface area contributed by atoms with E-state index in [1.807, 2.05) is 43.3 Å². The van der Waals surface area contributed by atoms with Gasteiger partial charge in [0.2, 0.25) is 0 Å². The smallest absolute Gasteiger partial charge is 0.312 e. The first-order valence-electron chi connectivity index (χ1n) is 6.32. The van der Waals surface area contributed by atoms with Crippen molar-refractivity contribution in [2.45, 2.75) is 25.9 Å². The van der Waals surface area contributed by atoms with Gasteiger partial charge in [0.15, 0.2) is 0 Å². The number of aliphatic hydroxyl groups is 1. The quantitative estimate of drug-likeness (QED) is 0.860. The second-order valence-corrected chi connectivity index (χ2v) is 4.79. The average molecular weight is 258 g/mol. The van der Waals surface area contributed by atoms with Gasteiger partial charge in [-0.1, -0.05) is 30.3 Å². The van der Waals surface area contributed by atoms with Crippen molar-refractivity contribution in [2.24, 2.45) is 0 Å². The van der Waals surface area contributed by atoms with E-state index in [-0.39, 0.29) is 11.9 Å². The summed E-state index contributed by atoms with van der Waals surface area (Å²) in [5.74, 6) is -0.509. The number of hydrogen-bond donors (Lipinski definition) is 1. The van der Waals surface area contributed by atoms with Crippen molar-refractivity contribution in [3.8, 4) is 0 Å². The molecule has 1 N–H and O–H groups in total. The molecule has 0 radical (unpaired) electrons. The van der Waals surface area contributed by atoms with Gasteiger partial charge in [-0.3, -0.25) is 4.79 Å². The summed E-state index contributed by atoms with van der Waals surface area (Å²) in [6.07, 6.45) is -0.474. The summed E-state index contributed by atoms with van der Waals surface area (Å²) in [4.78, 5) is 11.5. The lowest BCUT2D eigenvalue weighted by Gasteiger charge is -2.11. The van der Waals surface area contributed by atoms with Crippen molar-refractivity contribution in [3.05, 3.63) is 47.5 Å². The van der Waals surface area contributed by atoms with Crippen LogP contribution in [-0.2, 0) is 9.53 Å². The van der Waals surface area contributed by atoms with Gasteiger partial charge >= 0.3 is 5.97 Å². The molecule has 0 heterocycles. The minimum atomic E-state index is -0.474. The van der Waals surface area contributed by atoms with Crippen LogP contribution in [0.3, 0.4) is 0 Å². The number of carbonyl (C=O) groups is 1. The molecule has 0 saturated heterocycles. The molecule has 2 aromatic carbocycles. The zero-order valence-corrected chi connectivity index (χ0v) is 11.4. The summed E-state index contributed by atoms with van der Waals surface area (Å²) in [7, 11) is 1.40. The number of ether oxygens (including phenoxy) is 1. The minimum Gasteiger partial charge on any atom is -0.469 e. The third kappa shape index (κ3) is 2.76. The maximum Gasteiger partial charge on any atom is 0.312 e. The molecule has 3 nitrogen and oxygen atoms in total. The molecule has 2 aromatic rings. The summed E-state index contributed by atoms with van der Waals surface area (Å²) >= 11 is 0. The highest BCUT2D eigenvalue weighted by molar-refractivity contribution is 5.86. The fourth-order valence-corrected chi connectivity index (χ4v) is 2.12. The molecule has 3 heteroatoms. The molecule has 2 rings (SSSR count). The van der Waals surface area contributed by atoms with E-state index in [1.165, 1.54) is 7.11 Å². The first-order valence-corrected chi connectivity index (χ1v) is 6.32. The monoisotopic (exact) mass is 258 g/mol. The molecule has 0 amide bonds. The zero-order chi connectivity index (χ0) is 14.0. The van der Waals surface area contributed by atoms with Gasteiger partial charge in [-0.05, 0) is 41.8 Å². The first-order chi connectivity index (χ1) is 9.02. The number of aliphatic hydroxyl groups excluding tert-OH is 1. The van der Waals surface area contributed by atoms with Crippen molar-refractivity contribution in [3.63, 3.8) is 0 Å². The van der Waals surface area contributed by atoms with Gasteiger partial charge in [0.05, 0.1) is 19.1 Å². The fourth-order valence-electron chi connectivity index (χ4n) is 2.12. The van der Waals surface area contributed by atoms with Gasteiger partial charge in [0.1, 0.15) is 0 Å². The maximum absolute atomic E-state index is 11.5. The predicted molar refractivity (Wildman–Crippen MR) is 75.0 cm³/mol. The molecular weight excluding hydrogens is 240 g/mol. The number of esters is 1. The highest BCUT2D eigenvalue weighted by atomic mass is 16.5. The Labute approximate surface area is 112 Å². The van der Waals surface area contributed by atoms with E-state index in [0.717, 1.165) is 21.9 Å². The number of fused-ring (bicyclic) bond motifs is 1. The Morgan fingerprint density at radius 1 is 1.05 bits per heavy atom. The van der Waals surface area contributed by atoms with E-state index in [4.69, 9.17) is 4.74 Å². The molecule has 0 aliphatic carbocycles. The Hall–Kier alpha value is -1.87. The lowest BCUT2D eigenvalue weighted by atomic mass is 9.96. The SMILES string of the molecule is COC(=O)C(C)c1ccc2cc(C(C)O)ccc2c1. The molecule has 0 spiro atoms. The molecule has 100 valence electrons. The van der Waals surface area contributed by atoms with Crippen LogP contribution in [0.25, 0.3) is 10.8 Å². The lowest BCUT2D eigenvalue weighted by molar-refractivity contribution is -0.141. The van der Waals surface area contributed by atoms with Crippen molar-refractivity contribution >= 4 is 16.7 Å². The summed E-state index contributed by atoms with van der Waals surface area (Å²) in [6.45, 7) is 3.58. The zero-order valence-electron chi connectivity index (χ0n) is 11.4.